The molecule has 0 nitrogen and oxygen atoms in total. The number of rotatable bonds is 6. The van der Waals surface area contributed by atoms with Crippen molar-refractivity contribution in [3.63, 3.8) is 0 Å². The molecule has 0 aromatic heterocycles. The maximum atomic E-state index is 4.42. The molecule has 0 aliphatic rings. The predicted octanol–water partition coefficient (Wildman–Crippen LogP) is 9.14. The Morgan fingerprint density at radius 3 is 1.97 bits per heavy atom. The first-order chi connectivity index (χ1) is 15.7. The Morgan fingerprint density at radius 2 is 1.25 bits per heavy atom. The summed E-state index contributed by atoms with van der Waals surface area (Å²) in [6.07, 6.45) is 8.20. The van der Waals surface area contributed by atoms with E-state index in [4.69, 9.17) is 0 Å². The third-order valence-corrected chi connectivity index (χ3v) is 5.73. The van der Waals surface area contributed by atoms with Gasteiger partial charge >= 0.3 is 0 Å². The SMILES string of the molecule is C=C(/C=C\C=C/C)c1cccc(-c2ccccc2)c1-c1ccccc1-c1ccccc1C. The van der Waals surface area contributed by atoms with E-state index in [-0.39, 0.29) is 0 Å². The summed E-state index contributed by atoms with van der Waals surface area (Å²) in [6.45, 7) is 8.61. The third kappa shape index (κ3) is 4.40. The number of benzene rings is 4. The summed E-state index contributed by atoms with van der Waals surface area (Å²) in [6, 6.07) is 34.4. The van der Waals surface area contributed by atoms with E-state index in [0.717, 1.165) is 11.1 Å². The summed E-state index contributed by atoms with van der Waals surface area (Å²) < 4.78 is 0. The van der Waals surface area contributed by atoms with Crippen LogP contribution in [0.3, 0.4) is 0 Å². The Balaban J connectivity index is 2.02. The Morgan fingerprint density at radius 1 is 0.625 bits per heavy atom. The van der Waals surface area contributed by atoms with Crippen LogP contribution >= 0.6 is 0 Å². The highest BCUT2D eigenvalue weighted by Gasteiger charge is 2.17. The molecular formula is C32H28. The summed E-state index contributed by atoms with van der Waals surface area (Å²) in [5.74, 6) is 0. The Kier molecular flexibility index (Phi) is 6.63. The molecule has 4 aromatic carbocycles. The molecule has 32 heavy (non-hydrogen) atoms. The van der Waals surface area contributed by atoms with Crippen LogP contribution in [0.5, 0.6) is 0 Å². The molecule has 4 rings (SSSR count). The zero-order chi connectivity index (χ0) is 22.3. The smallest absolute Gasteiger partial charge is 0.00208 e. The quantitative estimate of drug-likeness (QED) is 0.277. The fourth-order valence-electron chi connectivity index (χ4n) is 4.15. The van der Waals surface area contributed by atoms with E-state index >= 15 is 0 Å². The zero-order valence-corrected chi connectivity index (χ0v) is 18.8. The molecule has 0 bridgehead atoms. The number of hydrogen-bond acceptors (Lipinski definition) is 0. The van der Waals surface area contributed by atoms with E-state index in [1.54, 1.807) is 0 Å². The van der Waals surface area contributed by atoms with Crippen LogP contribution in [-0.2, 0) is 0 Å². The van der Waals surface area contributed by atoms with Gasteiger partial charge in [0.1, 0.15) is 0 Å². The van der Waals surface area contributed by atoms with Crippen LogP contribution in [0.25, 0.3) is 39.0 Å². The van der Waals surface area contributed by atoms with Gasteiger partial charge in [0, 0.05) is 0 Å². The van der Waals surface area contributed by atoms with Crippen LogP contribution in [0.15, 0.2) is 128 Å². The first kappa shape index (κ1) is 21.3. The first-order valence-corrected chi connectivity index (χ1v) is 11.0. The van der Waals surface area contributed by atoms with Crippen LogP contribution in [0.2, 0.25) is 0 Å². The van der Waals surface area contributed by atoms with Crippen molar-refractivity contribution in [2.24, 2.45) is 0 Å². The molecule has 0 aliphatic heterocycles. The topological polar surface area (TPSA) is 0 Å². The largest absolute Gasteiger partial charge is 0.0911 e. The second-order valence-corrected chi connectivity index (χ2v) is 7.86. The minimum absolute atomic E-state index is 0.996. The highest BCUT2D eigenvalue weighted by atomic mass is 14.2. The lowest BCUT2D eigenvalue weighted by Crippen LogP contribution is -1.95. The second-order valence-electron chi connectivity index (χ2n) is 7.86. The van der Waals surface area contributed by atoms with Gasteiger partial charge in [-0.05, 0) is 63.9 Å². The molecule has 0 amide bonds. The van der Waals surface area contributed by atoms with Crippen molar-refractivity contribution < 1.29 is 0 Å². The summed E-state index contributed by atoms with van der Waals surface area (Å²) >= 11 is 0. The molecule has 0 spiro atoms. The van der Waals surface area contributed by atoms with Crippen molar-refractivity contribution in [2.75, 3.05) is 0 Å². The second kappa shape index (κ2) is 9.94. The van der Waals surface area contributed by atoms with Gasteiger partial charge in [0.25, 0.3) is 0 Å². The standard InChI is InChI=1S/C32H28/c1-4-5-7-15-25(3)28-22-14-23-29(26-17-8-6-9-18-26)32(28)31-21-13-12-20-30(31)27-19-11-10-16-24(27)2/h4-23H,3H2,1-2H3/b5-4-,15-7-. The van der Waals surface area contributed by atoms with Crippen molar-refractivity contribution >= 4 is 5.57 Å². The number of aryl methyl sites for hydroxylation is 1. The van der Waals surface area contributed by atoms with Crippen molar-refractivity contribution in [1.82, 2.24) is 0 Å². The Labute approximate surface area is 191 Å². The van der Waals surface area contributed by atoms with Gasteiger partial charge in [-0.2, -0.15) is 0 Å². The maximum absolute atomic E-state index is 4.42. The molecular weight excluding hydrogens is 384 g/mol. The van der Waals surface area contributed by atoms with Gasteiger partial charge in [0.05, 0.1) is 0 Å². The molecule has 0 radical (unpaired) electrons. The lowest BCUT2D eigenvalue weighted by Gasteiger charge is -2.20. The van der Waals surface area contributed by atoms with Gasteiger partial charge in [-0.15, -0.1) is 0 Å². The fraction of sp³-hybridized carbons (Fsp3) is 0.0625. The van der Waals surface area contributed by atoms with Crippen molar-refractivity contribution in [2.45, 2.75) is 13.8 Å². The summed E-state index contributed by atoms with van der Waals surface area (Å²) in [4.78, 5) is 0. The molecule has 0 saturated carbocycles. The molecule has 0 saturated heterocycles. The molecule has 0 atom stereocenters. The van der Waals surface area contributed by atoms with Crippen LogP contribution in [0.1, 0.15) is 18.1 Å². The van der Waals surface area contributed by atoms with Crippen molar-refractivity contribution in [3.05, 3.63) is 139 Å². The van der Waals surface area contributed by atoms with E-state index in [2.05, 4.69) is 123 Å². The average Bonchev–Trinajstić information content (AvgIpc) is 2.84. The molecule has 0 unspecified atom stereocenters. The lowest BCUT2D eigenvalue weighted by atomic mass is 9.84. The van der Waals surface area contributed by atoms with Crippen LogP contribution in [0, 0.1) is 6.92 Å². The highest BCUT2D eigenvalue weighted by Crippen LogP contribution is 2.42. The van der Waals surface area contributed by atoms with Crippen LogP contribution in [-0.4, -0.2) is 0 Å². The molecule has 0 aliphatic carbocycles. The molecule has 0 heteroatoms. The van der Waals surface area contributed by atoms with Crippen LogP contribution < -0.4 is 0 Å². The molecule has 4 aromatic rings. The minimum atomic E-state index is 0.996. The van der Waals surface area contributed by atoms with Gasteiger partial charge in [-0.1, -0.05) is 128 Å². The number of allylic oxidation sites excluding steroid dienone is 5. The molecule has 0 N–H and O–H groups in total. The minimum Gasteiger partial charge on any atom is -0.0911 e. The highest BCUT2D eigenvalue weighted by molar-refractivity contribution is 5.98. The Hall–Kier alpha value is -3.90. The molecule has 156 valence electrons. The van der Waals surface area contributed by atoms with Gasteiger partial charge in [0.15, 0.2) is 0 Å². The number of hydrogen-bond donors (Lipinski definition) is 0. The van der Waals surface area contributed by atoms with E-state index in [9.17, 15) is 0 Å². The monoisotopic (exact) mass is 412 g/mol. The zero-order valence-electron chi connectivity index (χ0n) is 18.8. The van der Waals surface area contributed by atoms with Crippen LogP contribution in [0.4, 0.5) is 0 Å². The molecule has 0 heterocycles. The van der Waals surface area contributed by atoms with Gasteiger partial charge in [0.2, 0.25) is 0 Å². The summed E-state index contributed by atoms with van der Waals surface area (Å²) in [5, 5.41) is 0. The molecule has 0 fully saturated rings. The maximum Gasteiger partial charge on any atom is -0.00208 e. The van der Waals surface area contributed by atoms with Gasteiger partial charge in [-0.25, -0.2) is 0 Å². The van der Waals surface area contributed by atoms with Crippen molar-refractivity contribution in [3.8, 4) is 33.4 Å². The normalized spacial score (nSPS) is 11.3. The van der Waals surface area contributed by atoms with Gasteiger partial charge in [-0.3, -0.25) is 0 Å². The van der Waals surface area contributed by atoms with E-state index in [1.165, 1.54) is 38.9 Å². The lowest BCUT2D eigenvalue weighted by molar-refractivity contribution is 1.45. The summed E-state index contributed by atoms with van der Waals surface area (Å²) in [5.41, 5.74) is 10.8. The van der Waals surface area contributed by atoms with Gasteiger partial charge < -0.3 is 0 Å². The Bertz CT molecular complexity index is 1290. The van der Waals surface area contributed by atoms with Crippen molar-refractivity contribution in [1.29, 1.82) is 0 Å². The fourth-order valence-corrected chi connectivity index (χ4v) is 4.15. The third-order valence-electron chi connectivity index (χ3n) is 5.73. The average molecular weight is 413 g/mol. The van der Waals surface area contributed by atoms with E-state index in [0.29, 0.717) is 0 Å². The summed E-state index contributed by atoms with van der Waals surface area (Å²) in [7, 11) is 0. The predicted molar refractivity (Wildman–Crippen MR) is 140 cm³/mol. The van der Waals surface area contributed by atoms with E-state index < -0.39 is 0 Å². The first-order valence-electron chi connectivity index (χ1n) is 11.0. The van der Waals surface area contributed by atoms with E-state index in [1.807, 2.05) is 19.1 Å².